The van der Waals surface area contributed by atoms with Gasteiger partial charge in [0.1, 0.15) is 5.82 Å². The Morgan fingerprint density at radius 3 is 2.76 bits per heavy atom. The van der Waals surface area contributed by atoms with Crippen LogP contribution in [-0.2, 0) is 11.2 Å². The number of alkyl carbamates (subject to hydrolysis) is 1. The summed E-state index contributed by atoms with van der Waals surface area (Å²) >= 11 is 0. The van der Waals surface area contributed by atoms with E-state index in [2.05, 4.69) is 10.1 Å². The van der Waals surface area contributed by atoms with Crippen molar-refractivity contribution in [1.29, 1.82) is 0 Å². The lowest BCUT2D eigenvalue weighted by atomic mass is 9.82. The van der Waals surface area contributed by atoms with Gasteiger partial charge in [-0.2, -0.15) is 0 Å². The molecule has 0 saturated heterocycles. The fourth-order valence-electron chi connectivity index (χ4n) is 3.04. The van der Waals surface area contributed by atoms with E-state index in [1.165, 1.54) is 13.2 Å². The number of rotatable bonds is 2. The first kappa shape index (κ1) is 13.9. The Morgan fingerprint density at radius 1 is 1.43 bits per heavy atom. The maximum Gasteiger partial charge on any atom is 0.407 e. The molecule has 2 aliphatic rings. The summed E-state index contributed by atoms with van der Waals surface area (Å²) < 4.78 is 18.7. The van der Waals surface area contributed by atoms with Crippen molar-refractivity contribution in [2.45, 2.75) is 37.6 Å². The third kappa shape index (κ3) is 2.34. The number of hydrogen-bond acceptors (Lipinski definition) is 4. The summed E-state index contributed by atoms with van der Waals surface area (Å²) in [7, 11) is 1.24. The zero-order valence-corrected chi connectivity index (χ0v) is 11.7. The van der Waals surface area contributed by atoms with Gasteiger partial charge in [0.2, 0.25) is 0 Å². The normalized spacial score (nSPS) is 20.9. The lowest BCUT2D eigenvalue weighted by molar-refractivity contribution is 0.0916. The zero-order valence-electron chi connectivity index (χ0n) is 11.7. The van der Waals surface area contributed by atoms with Gasteiger partial charge in [0.25, 0.3) is 0 Å². The number of nitrogen functional groups attached to an aromatic ring is 1. The molecule has 1 aromatic rings. The third-order valence-electron chi connectivity index (χ3n) is 4.16. The fourth-order valence-corrected chi connectivity index (χ4v) is 3.04. The summed E-state index contributed by atoms with van der Waals surface area (Å²) in [5, 5.41) is 2.51. The number of carbonyl (C=O) groups is 2. The van der Waals surface area contributed by atoms with Crippen molar-refractivity contribution >= 4 is 17.6 Å². The predicted molar refractivity (Wildman–Crippen MR) is 74.8 cm³/mol. The highest BCUT2D eigenvalue weighted by atomic mass is 19.1. The number of ether oxygens (including phenoxy) is 1. The van der Waals surface area contributed by atoms with E-state index in [9.17, 15) is 14.0 Å². The van der Waals surface area contributed by atoms with Crippen LogP contribution in [0.2, 0.25) is 0 Å². The van der Waals surface area contributed by atoms with Crippen molar-refractivity contribution in [3.05, 3.63) is 28.6 Å². The number of ketones is 1. The molecule has 5 nitrogen and oxygen atoms in total. The van der Waals surface area contributed by atoms with Gasteiger partial charge in [0, 0.05) is 11.3 Å². The number of amides is 1. The summed E-state index contributed by atoms with van der Waals surface area (Å²) in [6, 6.07) is 0.565. The molecule has 0 radical (unpaired) electrons. The van der Waals surface area contributed by atoms with Crippen LogP contribution in [0.3, 0.4) is 0 Å². The van der Waals surface area contributed by atoms with E-state index in [1.54, 1.807) is 0 Å². The van der Waals surface area contributed by atoms with E-state index in [4.69, 9.17) is 5.73 Å². The first-order valence-electron chi connectivity index (χ1n) is 7.02. The van der Waals surface area contributed by atoms with Gasteiger partial charge in [-0.05, 0) is 48.8 Å². The first-order chi connectivity index (χ1) is 10.0. The quantitative estimate of drug-likeness (QED) is 0.818. The summed E-state index contributed by atoms with van der Waals surface area (Å²) in [5.41, 5.74) is 7.72. The van der Waals surface area contributed by atoms with Crippen molar-refractivity contribution in [2.75, 3.05) is 12.8 Å². The Morgan fingerprint density at radius 2 is 2.14 bits per heavy atom. The molecule has 1 saturated carbocycles. The van der Waals surface area contributed by atoms with Crippen LogP contribution in [0.25, 0.3) is 0 Å². The Bertz CT molecular complexity index is 626. The molecule has 1 fully saturated rings. The number of carbonyl (C=O) groups excluding carboxylic acids is 2. The van der Waals surface area contributed by atoms with Crippen LogP contribution in [0.1, 0.15) is 46.7 Å². The monoisotopic (exact) mass is 292 g/mol. The molecule has 2 aliphatic carbocycles. The summed E-state index contributed by atoms with van der Waals surface area (Å²) in [6.45, 7) is 0. The number of hydrogen-bond donors (Lipinski definition) is 2. The van der Waals surface area contributed by atoms with Gasteiger partial charge in [-0.1, -0.05) is 0 Å². The second kappa shape index (κ2) is 5.02. The maximum atomic E-state index is 14.1. The highest BCUT2D eigenvalue weighted by molar-refractivity contribution is 6.07. The van der Waals surface area contributed by atoms with Crippen molar-refractivity contribution < 1.29 is 18.7 Å². The molecular weight excluding hydrogens is 275 g/mol. The first-order valence-corrected chi connectivity index (χ1v) is 7.02. The third-order valence-corrected chi connectivity index (χ3v) is 4.16. The van der Waals surface area contributed by atoms with E-state index >= 15 is 0 Å². The van der Waals surface area contributed by atoms with Crippen LogP contribution in [0.15, 0.2) is 6.07 Å². The average Bonchev–Trinajstić information content (AvgIpc) is 3.25. The number of halogens is 1. The Kier molecular flexibility index (Phi) is 3.31. The summed E-state index contributed by atoms with van der Waals surface area (Å²) in [4.78, 5) is 23.8. The maximum absolute atomic E-state index is 14.1. The summed E-state index contributed by atoms with van der Waals surface area (Å²) in [6.07, 6.45) is 2.21. The van der Waals surface area contributed by atoms with Gasteiger partial charge in [-0.15, -0.1) is 0 Å². The molecule has 0 bridgehead atoms. The molecule has 1 atom stereocenters. The van der Waals surface area contributed by atoms with Crippen LogP contribution < -0.4 is 11.1 Å². The van der Waals surface area contributed by atoms with E-state index in [0.29, 0.717) is 24.0 Å². The molecule has 0 aromatic heterocycles. The van der Waals surface area contributed by atoms with Crippen LogP contribution in [-0.4, -0.2) is 25.0 Å². The molecule has 0 aliphatic heterocycles. The van der Waals surface area contributed by atoms with E-state index in [-0.39, 0.29) is 23.2 Å². The van der Waals surface area contributed by atoms with E-state index in [1.807, 2.05) is 0 Å². The molecule has 0 heterocycles. The zero-order chi connectivity index (χ0) is 15.1. The van der Waals surface area contributed by atoms with Crippen molar-refractivity contribution in [3.63, 3.8) is 0 Å². The topological polar surface area (TPSA) is 81.4 Å². The average molecular weight is 292 g/mol. The van der Waals surface area contributed by atoms with Gasteiger partial charge in [-0.25, -0.2) is 9.18 Å². The summed E-state index contributed by atoms with van der Waals surface area (Å²) in [5.74, 6) is -0.376. The number of nitrogens with two attached hydrogens (primary N) is 1. The van der Waals surface area contributed by atoms with Crippen molar-refractivity contribution in [1.82, 2.24) is 5.32 Å². The van der Waals surface area contributed by atoms with Crippen molar-refractivity contribution in [3.8, 4) is 0 Å². The minimum Gasteiger partial charge on any atom is -0.453 e. The molecule has 112 valence electrons. The number of fused-ring (bicyclic) bond motifs is 1. The van der Waals surface area contributed by atoms with Crippen molar-refractivity contribution in [2.24, 2.45) is 0 Å². The second-order valence-corrected chi connectivity index (χ2v) is 5.58. The Balaban J connectivity index is 2.00. The van der Waals surface area contributed by atoms with Gasteiger partial charge in [-0.3, -0.25) is 4.79 Å². The highest BCUT2D eigenvalue weighted by Gasteiger charge is 2.37. The molecule has 21 heavy (non-hydrogen) atoms. The SMILES string of the molecule is COC(=O)NC1CCc2c(c(N)cc(F)c2C2CC2)C1=O. The molecular formula is C15H17FN2O3. The highest BCUT2D eigenvalue weighted by Crippen LogP contribution is 2.46. The van der Waals surface area contributed by atoms with Gasteiger partial charge >= 0.3 is 6.09 Å². The lowest BCUT2D eigenvalue weighted by Gasteiger charge is -2.27. The number of nitrogens with one attached hydrogen (secondary N) is 1. The molecule has 1 aromatic carbocycles. The molecule has 6 heteroatoms. The number of methoxy groups -OCH3 is 1. The van der Waals surface area contributed by atoms with E-state index in [0.717, 1.165) is 18.4 Å². The van der Waals surface area contributed by atoms with E-state index < -0.39 is 12.1 Å². The number of benzene rings is 1. The standard InChI is InChI=1S/C15H17FN2O3/c1-21-15(20)18-11-5-4-8-12(7-2-3-7)9(16)6-10(17)13(8)14(11)19/h6-7,11H,2-5,17H2,1H3,(H,18,20). The molecule has 1 unspecified atom stereocenters. The van der Waals surface area contributed by atoms with Crippen LogP contribution in [0.4, 0.5) is 14.9 Å². The van der Waals surface area contributed by atoms with Gasteiger partial charge < -0.3 is 15.8 Å². The van der Waals surface area contributed by atoms with Crippen LogP contribution >= 0.6 is 0 Å². The lowest BCUT2D eigenvalue weighted by Crippen LogP contribution is -2.44. The van der Waals surface area contributed by atoms with Gasteiger partial charge in [0.05, 0.1) is 13.2 Å². The second-order valence-electron chi connectivity index (χ2n) is 5.58. The van der Waals surface area contributed by atoms with Gasteiger partial charge in [0.15, 0.2) is 5.78 Å². The molecule has 1 amide bonds. The number of anilines is 1. The fraction of sp³-hybridized carbons (Fsp3) is 0.467. The molecule has 0 spiro atoms. The predicted octanol–water partition coefficient (Wildman–Crippen LogP) is 2.14. The Hall–Kier alpha value is -2.11. The molecule has 3 N–H and O–H groups in total. The largest absolute Gasteiger partial charge is 0.453 e. The number of Topliss-reactive ketones (excluding diaryl/α,β-unsaturated/α-hetero) is 1. The van der Waals surface area contributed by atoms with Crippen LogP contribution in [0, 0.1) is 5.82 Å². The smallest absolute Gasteiger partial charge is 0.407 e. The Labute approximate surface area is 121 Å². The minimum absolute atomic E-state index is 0.147. The van der Waals surface area contributed by atoms with Crippen LogP contribution in [0.5, 0.6) is 0 Å². The minimum atomic E-state index is -0.662. The molecule has 3 rings (SSSR count).